The molecular formula is C15H17N7O. The summed E-state index contributed by atoms with van der Waals surface area (Å²) in [4.78, 5) is 12.0. The number of carbonyl (C=O) groups excluding carboxylic acids is 1. The number of hydrogen-bond acceptors (Lipinski definition) is 5. The van der Waals surface area contributed by atoms with Crippen molar-refractivity contribution in [2.24, 2.45) is 7.05 Å². The molecule has 0 radical (unpaired) electrons. The Labute approximate surface area is 133 Å². The SMILES string of the molecule is Cc1nn(C)cc1CNC(=O)Cc1ccc(-n2cnnn2)cc1. The molecule has 0 saturated carbocycles. The number of aromatic nitrogens is 6. The maximum atomic E-state index is 12.0. The van der Waals surface area contributed by atoms with Crippen molar-refractivity contribution in [1.82, 2.24) is 35.3 Å². The van der Waals surface area contributed by atoms with Gasteiger partial charge in [0.1, 0.15) is 6.33 Å². The van der Waals surface area contributed by atoms with Crippen LogP contribution in [0.5, 0.6) is 0 Å². The second kappa shape index (κ2) is 6.39. The molecular weight excluding hydrogens is 294 g/mol. The number of nitrogens with one attached hydrogen (secondary N) is 1. The Kier molecular flexibility index (Phi) is 4.13. The van der Waals surface area contributed by atoms with E-state index in [1.165, 1.54) is 6.33 Å². The summed E-state index contributed by atoms with van der Waals surface area (Å²) in [5.41, 5.74) is 3.74. The van der Waals surface area contributed by atoms with Crippen LogP contribution in [-0.4, -0.2) is 35.9 Å². The van der Waals surface area contributed by atoms with Gasteiger partial charge in [0.15, 0.2) is 0 Å². The van der Waals surface area contributed by atoms with Gasteiger partial charge in [-0.2, -0.15) is 5.10 Å². The van der Waals surface area contributed by atoms with E-state index in [2.05, 4.69) is 25.9 Å². The highest BCUT2D eigenvalue weighted by atomic mass is 16.1. The van der Waals surface area contributed by atoms with Crippen LogP contribution < -0.4 is 5.32 Å². The van der Waals surface area contributed by atoms with Crippen molar-refractivity contribution in [3.63, 3.8) is 0 Å². The Morgan fingerprint density at radius 2 is 2.04 bits per heavy atom. The molecule has 0 saturated heterocycles. The second-order valence-corrected chi connectivity index (χ2v) is 5.29. The van der Waals surface area contributed by atoms with Gasteiger partial charge in [-0.1, -0.05) is 12.1 Å². The molecule has 0 bridgehead atoms. The predicted octanol–water partition coefficient (Wildman–Crippen LogP) is 0.563. The van der Waals surface area contributed by atoms with Gasteiger partial charge in [0.2, 0.25) is 5.91 Å². The number of carbonyl (C=O) groups is 1. The minimum atomic E-state index is -0.0246. The standard InChI is InChI=1S/C15H17N7O/c1-11-13(9-21(2)18-11)8-16-15(23)7-12-3-5-14(6-4-12)22-10-17-19-20-22/h3-6,9-10H,7-8H2,1-2H3,(H,16,23). The Morgan fingerprint density at radius 1 is 1.26 bits per heavy atom. The topological polar surface area (TPSA) is 90.5 Å². The van der Waals surface area contributed by atoms with Crippen LogP contribution in [0.15, 0.2) is 36.8 Å². The molecule has 2 heterocycles. The van der Waals surface area contributed by atoms with E-state index in [1.54, 1.807) is 9.36 Å². The minimum absolute atomic E-state index is 0.0246. The van der Waals surface area contributed by atoms with Crippen LogP contribution in [-0.2, 0) is 24.8 Å². The first-order chi connectivity index (χ1) is 11.1. The second-order valence-electron chi connectivity index (χ2n) is 5.29. The molecule has 0 aliphatic heterocycles. The molecule has 2 aromatic heterocycles. The number of hydrogen-bond donors (Lipinski definition) is 1. The number of tetrazole rings is 1. The van der Waals surface area contributed by atoms with Crippen LogP contribution in [0.25, 0.3) is 5.69 Å². The molecule has 0 aliphatic carbocycles. The first-order valence-electron chi connectivity index (χ1n) is 7.20. The maximum Gasteiger partial charge on any atom is 0.224 e. The molecule has 0 aliphatic rings. The highest BCUT2D eigenvalue weighted by Gasteiger charge is 2.07. The molecule has 118 valence electrons. The summed E-state index contributed by atoms with van der Waals surface area (Å²) in [7, 11) is 1.87. The van der Waals surface area contributed by atoms with Crippen LogP contribution in [0.1, 0.15) is 16.8 Å². The van der Waals surface area contributed by atoms with E-state index in [4.69, 9.17) is 0 Å². The fourth-order valence-corrected chi connectivity index (χ4v) is 2.31. The van der Waals surface area contributed by atoms with Crippen LogP contribution in [0.2, 0.25) is 0 Å². The summed E-state index contributed by atoms with van der Waals surface area (Å²) in [6, 6.07) is 7.55. The molecule has 1 amide bonds. The zero-order valence-corrected chi connectivity index (χ0v) is 13.0. The average molecular weight is 311 g/mol. The van der Waals surface area contributed by atoms with E-state index >= 15 is 0 Å². The van der Waals surface area contributed by atoms with Crippen molar-refractivity contribution in [3.8, 4) is 5.69 Å². The first kappa shape index (κ1) is 14.9. The Balaban J connectivity index is 1.56. The smallest absolute Gasteiger partial charge is 0.224 e. The van der Waals surface area contributed by atoms with E-state index in [-0.39, 0.29) is 5.91 Å². The highest BCUT2D eigenvalue weighted by Crippen LogP contribution is 2.09. The summed E-state index contributed by atoms with van der Waals surface area (Å²) in [5.74, 6) is -0.0246. The average Bonchev–Trinajstić information content (AvgIpc) is 3.16. The monoisotopic (exact) mass is 311 g/mol. The van der Waals surface area contributed by atoms with Crippen molar-refractivity contribution in [2.75, 3.05) is 0 Å². The van der Waals surface area contributed by atoms with Gasteiger partial charge in [-0.25, -0.2) is 4.68 Å². The summed E-state index contributed by atoms with van der Waals surface area (Å²) < 4.78 is 3.31. The largest absolute Gasteiger partial charge is 0.352 e. The van der Waals surface area contributed by atoms with Crippen molar-refractivity contribution in [1.29, 1.82) is 0 Å². The van der Waals surface area contributed by atoms with Gasteiger partial charge in [0.25, 0.3) is 0 Å². The number of benzene rings is 1. The number of aryl methyl sites for hydroxylation is 2. The zero-order chi connectivity index (χ0) is 16.2. The van der Waals surface area contributed by atoms with Crippen LogP contribution in [0.3, 0.4) is 0 Å². The van der Waals surface area contributed by atoms with Gasteiger partial charge in [-0.05, 0) is 35.0 Å². The van der Waals surface area contributed by atoms with Gasteiger partial charge < -0.3 is 5.32 Å². The van der Waals surface area contributed by atoms with Gasteiger partial charge in [0.05, 0.1) is 17.8 Å². The molecule has 1 aromatic carbocycles. The first-order valence-corrected chi connectivity index (χ1v) is 7.20. The van der Waals surface area contributed by atoms with E-state index in [9.17, 15) is 4.79 Å². The zero-order valence-electron chi connectivity index (χ0n) is 13.0. The van der Waals surface area contributed by atoms with E-state index in [0.717, 1.165) is 22.5 Å². The molecule has 23 heavy (non-hydrogen) atoms. The van der Waals surface area contributed by atoms with Crippen molar-refractivity contribution < 1.29 is 4.79 Å². The van der Waals surface area contributed by atoms with Gasteiger partial charge in [-0.15, -0.1) is 5.10 Å². The molecule has 0 atom stereocenters. The lowest BCUT2D eigenvalue weighted by atomic mass is 10.1. The molecule has 3 aromatic rings. The third kappa shape index (κ3) is 3.60. The third-order valence-electron chi connectivity index (χ3n) is 3.51. The van der Waals surface area contributed by atoms with Gasteiger partial charge in [0, 0.05) is 25.4 Å². The molecule has 8 heteroatoms. The highest BCUT2D eigenvalue weighted by molar-refractivity contribution is 5.78. The lowest BCUT2D eigenvalue weighted by Crippen LogP contribution is -2.24. The van der Waals surface area contributed by atoms with E-state index < -0.39 is 0 Å². The Hall–Kier alpha value is -3.03. The van der Waals surface area contributed by atoms with Gasteiger partial charge >= 0.3 is 0 Å². The maximum absolute atomic E-state index is 12.0. The summed E-state index contributed by atoms with van der Waals surface area (Å²) in [6.45, 7) is 2.42. The van der Waals surface area contributed by atoms with Crippen molar-refractivity contribution >= 4 is 5.91 Å². The van der Waals surface area contributed by atoms with Crippen LogP contribution >= 0.6 is 0 Å². The van der Waals surface area contributed by atoms with Crippen molar-refractivity contribution in [3.05, 3.63) is 53.6 Å². The molecule has 8 nitrogen and oxygen atoms in total. The summed E-state index contributed by atoms with van der Waals surface area (Å²) >= 11 is 0. The number of amides is 1. The fourth-order valence-electron chi connectivity index (χ4n) is 2.31. The summed E-state index contributed by atoms with van der Waals surface area (Å²) in [5, 5.41) is 18.2. The lowest BCUT2D eigenvalue weighted by Gasteiger charge is -2.05. The predicted molar refractivity (Wildman–Crippen MR) is 82.6 cm³/mol. The van der Waals surface area contributed by atoms with Crippen LogP contribution in [0, 0.1) is 6.92 Å². The Morgan fingerprint density at radius 3 is 2.65 bits per heavy atom. The Bertz CT molecular complexity index is 790. The minimum Gasteiger partial charge on any atom is -0.352 e. The number of nitrogens with zero attached hydrogens (tertiary/aromatic N) is 6. The molecule has 0 unspecified atom stereocenters. The normalized spacial score (nSPS) is 10.7. The molecule has 0 fully saturated rings. The van der Waals surface area contributed by atoms with Crippen molar-refractivity contribution in [2.45, 2.75) is 19.9 Å². The molecule has 1 N–H and O–H groups in total. The third-order valence-corrected chi connectivity index (χ3v) is 3.51. The van der Waals surface area contributed by atoms with Crippen LogP contribution in [0.4, 0.5) is 0 Å². The summed E-state index contributed by atoms with van der Waals surface area (Å²) in [6.07, 6.45) is 3.77. The number of rotatable bonds is 5. The quantitative estimate of drug-likeness (QED) is 0.743. The lowest BCUT2D eigenvalue weighted by molar-refractivity contribution is -0.120. The molecule has 0 spiro atoms. The van der Waals surface area contributed by atoms with E-state index in [1.807, 2.05) is 44.4 Å². The van der Waals surface area contributed by atoms with Gasteiger partial charge in [-0.3, -0.25) is 9.48 Å². The molecule has 3 rings (SSSR count). The fraction of sp³-hybridized carbons (Fsp3) is 0.267. The van der Waals surface area contributed by atoms with E-state index in [0.29, 0.717) is 13.0 Å².